The zero-order valence-electron chi connectivity index (χ0n) is 10.4. The number of anilines is 1. The quantitative estimate of drug-likeness (QED) is 0.617. The van der Waals surface area contributed by atoms with Crippen LogP contribution in [0.1, 0.15) is 0 Å². The van der Waals surface area contributed by atoms with E-state index in [1.54, 1.807) is 24.3 Å². The fourth-order valence-corrected chi connectivity index (χ4v) is 1.89. The SMILES string of the molecule is C=CCn1c(N(C)C)nc2ccc([NH+]([O-])O)cc21. The van der Waals surface area contributed by atoms with Gasteiger partial charge in [0, 0.05) is 32.8 Å². The Hall–Kier alpha value is -1.89. The maximum atomic E-state index is 11.0. The van der Waals surface area contributed by atoms with Gasteiger partial charge in [-0.05, 0) is 6.07 Å². The third kappa shape index (κ3) is 2.08. The molecule has 0 aliphatic heterocycles. The minimum Gasteiger partial charge on any atom is -0.595 e. The van der Waals surface area contributed by atoms with Crippen LogP contribution in [0.15, 0.2) is 30.9 Å². The molecule has 0 radical (unpaired) electrons. The maximum Gasteiger partial charge on any atom is 0.206 e. The van der Waals surface area contributed by atoms with Gasteiger partial charge in [-0.15, -0.1) is 6.58 Å². The number of imidazole rings is 1. The molecule has 0 aliphatic carbocycles. The molecule has 0 spiro atoms. The van der Waals surface area contributed by atoms with E-state index < -0.39 is 5.23 Å². The average molecular weight is 248 g/mol. The van der Waals surface area contributed by atoms with Gasteiger partial charge in [0.25, 0.3) is 0 Å². The summed E-state index contributed by atoms with van der Waals surface area (Å²) >= 11 is 0. The van der Waals surface area contributed by atoms with Crippen molar-refractivity contribution in [3.63, 3.8) is 0 Å². The average Bonchev–Trinajstić information content (AvgIpc) is 2.68. The number of benzene rings is 1. The second-order valence-electron chi connectivity index (χ2n) is 4.21. The molecule has 1 aromatic heterocycles. The van der Waals surface area contributed by atoms with Crippen molar-refractivity contribution in [2.45, 2.75) is 6.54 Å². The van der Waals surface area contributed by atoms with Gasteiger partial charge < -0.3 is 14.7 Å². The standard InChI is InChI=1S/C12H16N4O2/c1-4-7-15-11-8-9(16(17)18)5-6-10(11)13-12(15)14(2)3/h4-6,8,16-17H,1,7H2,2-3H3. The lowest BCUT2D eigenvalue weighted by atomic mass is 10.3. The van der Waals surface area contributed by atoms with E-state index in [9.17, 15) is 5.21 Å². The minimum absolute atomic E-state index is 0.262. The van der Waals surface area contributed by atoms with Crippen LogP contribution in [0.4, 0.5) is 11.6 Å². The molecule has 0 aliphatic rings. The van der Waals surface area contributed by atoms with Crippen LogP contribution in [0.2, 0.25) is 0 Å². The summed E-state index contributed by atoms with van der Waals surface area (Å²) < 4.78 is 1.94. The van der Waals surface area contributed by atoms with Crippen molar-refractivity contribution in [1.29, 1.82) is 0 Å². The third-order valence-electron chi connectivity index (χ3n) is 2.69. The highest BCUT2D eigenvalue weighted by atomic mass is 16.8. The van der Waals surface area contributed by atoms with Crippen molar-refractivity contribution in [2.75, 3.05) is 19.0 Å². The van der Waals surface area contributed by atoms with E-state index in [4.69, 9.17) is 5.21 Å². The topological polar surface area (TPSA) is 68.8 Å². The van der Waals surface area contributed by atoms with Gasteiger partial charge in [0.1, 0.15) is 0 Å². The molecule has 18 heavy (non-hydrogen) atoms. The van der Waals surface area contributed by atoms with Crippen molar-refractivity contribution >= 4 is 22.7 Å². The second-order valence-corrected chi connectivity index (χ2v) is 4.21. The van der Waals surface area contributed by atoms with E-state index in [1.807, 2.05) is 23.6 Å². The van der Waals surface area contributed by atoms with Gasteiger partial charge >= 0.3 is 0 Å². The highest BCUT2D eigenvalue weighted by Crippen LogP contribution is 2.23. The van der Waals surface area contributed by atoms with Gasteiger partial charge in [0.2, 0.25) is 5.95 Å². The van der Waals surface area contributed by atoms with Gasteiger partial charge in [-0.2, -0.15) is 5.23 Å². The number of quaternary nitrogens is 1. The Morgan fingerprint density at radius 3 is 2.83 bits per heavy atom. The summed E-state index contributed by atoms with van der Waals surface area (Å²) in [5.41, 5.74) is 1.85. The van der Waals surface area contributed by atoms with Crippen LogP contribution in [0.25, 0.3) is 11.0 Å². The zero-order valence-corrected chi connectivity index (χ0v) is 10.4. The van der Waals surface area contributed by atoms with Gasteiger partial charge in [-0.3, -0.25) is 0 Å². The number of hydrogen-bond donors (Lipinski definition) is 2. The molecule has 0 saturated carbocycles. The van der Waals surface area contributed by atoms with Crippen molar-refractivity contribution < 1.29 is 10.4 Å². The van der Waals surface area contributed by atoms with Gasteiger partial charge in [0.05, 0.1) is 11.0 Å². The van der Waals surface area contributed by atoms with E-state index in [2.05, 4.69) is 11.6 Å². The largest absolute Gasteiger partial charge is 0.595 e. The second kappa shape index (κ2) is 4.77. The van der Waals surface area contributed by atoms with Crippen LogP contribution in [0, 0.1) is 5.21 Å². The minimum atomic E-state index is -0.936. The maximum absolute atomic E-state index is 11.0. The zero-order chi connectivity index (χ0) is 13.3. The van der Waals surface area contributed by atoms with E-state index in [-0.39, 0.29) is 5.69 Å². The summed E-state index contributed by atoms with van der Waals surface area (Å²) in [4.78, 5) is 6.37. The van der Waals surface area contributed by atoms with Crippen LogP contribution in [0.3, 0.4) is 0 Å². The smallest absolute Gasteiger partial charge is 0.206 e. The summed E-state index contributed by atoms with van der Waals surface area (Å²) in [7, 11) is 3.80. The van der Waals surface area contributed by atoms with Crippen LogP contribution in [-0.4, -0.2) is 28.9 Å². The van der Waals surface area contributed by atoms with Crippen LogP contribution in [-0.2, 0) is 6.54 Å². The van der Waals surface area contributed by atoms with Gasteiger partial charge in [0.15, 0.2) is 5.69 Å². The number of rotatable bonds is 4. The lowest BCUT2D eigenvalue weighted by molar-refractivity contribution is -0.991. The number of allylic oxidation sites excluding steroid dienone is 1. The van der Waals surface area contributed by atoms with Crippen molar-refractivity contribution in [1.82, 2.24) is 9.55 Å². The summed E-state index contributed by atoms with van der Waals surface area (Å²) in [6.45, 7) is 4.31. The van der Waals surface area contributed by atoms with Gasteiger partial charge in [-0.1, -0.05) is 6.08 Å². The molecule has 1 unspecified atom stereocenters. The van der Waals surface area contributed by atoms with E-state index in [0.717, 1.165) is 17.0 Å². The molecule has 6 nitrogen and oxygen atoms in total. The summed E-state index contributed by atoms with van der Waals surface area (Å²) in [5, 5.41) is 19.1. The molecule has 0 fully saturated rings. The lowest BCUT2D eigenvalue weighted by Gasteiger charge is -2.14. The number of aromatic nitrogens is 2. The molecular weight excluding hydrogens is 232 g/mol. The predicted octanol–water partition coefficient (Wildman–Crippen LogP) is 0.692. The first-order chi connectivity index (χ1) is 8.54. The molecule has 6 heteroatoms. The Balaban J connectivity index is 2.67. The Morgan fingerprint density at radius 2 is 2.28 bits per heavy atom. The van der Waals surface area contributed by atoms with Crippen LogP contribution >= 0.6 is 0 Å². The third-order valence-corrected chi connectivity index (χ3v) is 2.69. The number of fused-ring (bicyclic) bond motifs is 1. The first-order valence-corrected chi connectivity index (χ1v) is 5.56. The van der Waals surface area contributed by atoms with Crippen molar-refractivity contribution in [3.05, 3.63) is 36.1 Å². The van der Waals surface area contributed by atoms with Crippen molar-refractivity contribution in [2.24, 2.45) is 0 Å². The van der Waals surface area contributed by atoms with Gasteiger partial charge in [-0.25, -0.2) is 10.2 Å². The number of hydrogen-bond acceptors (Lipinski definition) is 4. The molecular formula is C12H16N4O2. The Kier molecular flexibility index (Phi) is 3.33. The molecule has 2 rings (SSSR count). The molecule has 1 atom stereocenters. The Labute approximate surface area is 105 Å². The predicted molar refractivity (Wildman–Crippen MR) is 70.0 cm³/mol. The fraction of sp³-hybridized carbons (Fsp3) is 0.250. The summed E-state index contributed by atoms with van der Waals surface area (Å²) in [5.74, 6) is 0.785. The molecule has 1 aromatic carbocycles. The summed E-state index contributed by atoms with van der Waals surface area (Å²) in [6, 6.07) is 4.93. The molecule has 2 aromatic rings. The molecule has 0 amide bonds. The fourth-order valence-electron chi connectivity index (χ4n) is 1.89. The Morgan fingerprint density at radius 1 is 1.56 bits per heavy atom. The summed E-state index contributed by atoms with van der Waals surface area (Å²) in [6.07, 6.45) is 1.77. The first-order valence-electron chi connectivity index (χ1n) is 5.56. The van der Waals surface area contributed by atoms with E-state index >= 15 is 0 Å². The van der Waals surface area contributed by atoms with Crippen LogP contribution in [0.5, 0.6) is 0 Å². The monoisotopic (exact) mass is 248 g/mol. The van der Waals surface area contributed by atoms with E-state index in [0.29, 0.717) is 6.54 Å². The first kappa shape index (κ1) is 12.6. The van der Waals surface area contributed by atoms with Crippen LogP contribution < -0.4 is 10.1 Å². The Bertz CT molecular complexity index is 575. The van der Waals surface area contributed by atoms with Crippen molar-refractivity contribution in [3.8, 4) is 0 Å². The molecule has 2 N–H and O–H groups in total. The molecule has 1 heterocycles. The lowest BCUT2D eigenvalue weighted by Crippen LogP contribution is -2.99. The highest BCUT2D eigenvalue weighted by Gasteiger charge is 2.13. The molecule has 96 valence electrons. The van der Waals surface area contributed by atoms with E-state index in [1.165, 1.54) is 0 Å². The molecule has 0 bridgehead atoms. The number of nitrogens with zero attached hydrogens (tertiary/aromatic N) is 3. The molecule has 0 saturated heterocycles. The highest BCUT2D eigenvalue weighted by molar-refractivity contribution is 5.81. The number of nitrogens with one attached hydrogen (secondary N) is 1. The normalized spacial score (nSPS) is 12.7.